The second-order valence-corrected chi connectivity index (χ2v) is 12.4. The number of amides is 2. The average molecular weight is 568 g/mol. The molecule has 2 aliphatic rings. The first-order chi connectivity index (χ1) is 19.3. The highest BCUT2D eigenvalue weighted by atomic mass is 19.4. The number of halogens is 3. The van der Waals surface area contributed by atoms with Crippen LogP contribution in [0, 0.1) is 12.3 Å². The van der Waals surface area contributed by atoms with Crippen LogP contribution in [0.15, 0.2) is 54.7 Å². The Hall–Kier alpha value is -3.79. The summed E-state index contributed by atoms with van der Waals surface area (Å²) in [5.74, 6) is 0.0270. The van der Waals surface area contributed by atoms with E-state index < -0.39 is 23.2 Å². The fraction of sp³-hybridized carbons (Fsp3) is 0.419. The summed E-state index contributed by atoms with van der Waals surface area (Å²) in [6.45, 7) is 10.7. The molecule has 218 valence electrons. The number of fused-ring (bicyclic) bond motifs is 2. The predicted molar refractivity (Wildman–Crippen MR) is 155 cm³/mol. The highest BCUT2D eigenvalue weighted by Crippen LogP contribution is 2.57. The number of phenols is 1. The Kier molecular flexibility index (Phi) is 7.40. The number of nitrogens with one attached hydrogen (secondary N) is 2. The third-order valence-electron chi connectivity index (χ3n) is 7.83. The van der Waals surface area contributed by atoms with Crippen LogP contribution >= 0.6 is 0 Å². The molecule has 3 heterocycles. The summed E-state index contributed by atoms with van der Waals surface area (Å²) < 4.78 is 43.3. The zero-order chi connectivity index (χ0) is 29.6. The number of aromatic hydroxyl groups is 1. The molecule has 0 radical (unpaired) electrons. The van der Waals surface area contributed by atoms with Crippen LogP contribution < -0.4 is 15.5 Å². The molecule has 2 amide bonds. The summed E-state index contributed by atoms with van der Waals surface area (Å²) in [7, 11) is 0. The van der Waals surface area contributed by atoms with Crippen LogP contribution in [0.1, 0.15) is 50.3 Å². The number of likely N-dealkylation sites (tertiary alicyclic amines) is 1. The largest absolute Gasteiger partial charge is 0.506 e. The van der Waals surface area contributed by atoms with Gasteiger partial charge < -0.3 is 25.5 Å². The number of aromatic nitrogens is 1. The second-order valence-electron chi connectivity index (χ2n) is 12.4. The molecule has 0 atom stereocenters. The van der Waals surface area contributed by atoms with E-state index in [1.165, 1.54) is 6.20 Å². The van der Waals surface area contributed by atoms with E-state index in [9.17, 15) is 23.1 Å². The van der Waals surface area contributed by atoms with E-state index in [0.717, 1.165) is 24.2 Å². The van der Waals surface area contributed by atoms with Crippen molar-refractivity contribution in [1.82, 2.24) is 9.88 Å². The summed E-state index contributed by atoms with van der Waals surface area (Å²) in [6.07, 6.45) is -2.06. The van der Waals surface area contributed by atoms with E-state index in [1.54, 1.807) is 29.2 Å². The van der Waals surface area contributed by atoms with Gasteiger partial charge in [0.2, 0.25) is 0 Å². The van der Waals surface area contributed by atoms with Crippen molar-refractivity contribution in [3.05, 3.63) is 71.4 Å². The van der Waals surface area contributed by atoms with E-state index >= 15 is 0 Å². The molecule has 3 aromatic rings. The molecule has 0 saturated carbocycles. The SMILES string of the molecule is Cc1ccc(NC(=O)Nc2cccnc2N2CC3(CCN(CC(C)(C)C)CC3)c3c(C(F)(F)F)ccc(O)c32)cc1. The monoisotopic (exact) mass is 567 g/mol. The van der Waals surface area contributed by atoms with Crippen LogP contribution in [0.4, 0.5) is 40.8 Å². The van der Waals surface area contributed by atoms with E-state index in [1.807, 2.05) is 19.1 Å². The topological polar surface area (TPSA) is 80.7 Å². The molecule has 41 heavy (non-hydrogen) atoms. The van der Waals surface area contributed by atoms with Crippen LogP contribution in [-0.4, -0.2) is 47.2 Å². The summed E-state index contributed by atoms with van der Waals surface area (Å²) in [4.78, 5) is 21.3. The van der Waals surface area contributed by atoms with Crippen LogP contribution in [0.5, 0.6) is 5.75 Å². The predicted octanol–water partition coefficient (Wildman–Crippen LogP) is 7.29. The molecule has 2 aromatic carbocycles. The van der Waals surface area contributed by atoms with Gasteiger partial charge in [-0.1, -0.05) is 38.5 Å². The number of nitrogens with zero attached hydrogens (tertiary/aromatic N) is 3. The first-order valence-corrected chi connectivity index (χ1v) is 13.8. The van der Waals surface area contributed by atoms with Crippen molar-refractivity contribution < 1.29 is 23.1 Å². The molecule has 0 aliphatic carbocycles. The number of carbonyl (C=O) groups excluding carboxylic acids is 1. The van der Waals surface area contributed by atoms with Crippen LogP contribution in [-0.2, 0) is 11.6 Å². The number of carbonyl (C=O) groups is 1. The Labute approximate surface area is 238 Å². The molecule has 0 bridgehead atoms. The lowest BCUT2D eigenvalue weighted by Crippen LogP contribution is -2.47. The number of hydrogen-bond acceptors (Lipinski definition) is 5. The zero-order valence-corrected chi connectivity index (χ0v) is 23.8. The van der Waals surface area contributed by atoms with Gasteiger partial charge in [-0.25, -0.2) is 9.78 Å². The fourth-order valence-corrected chi connectivity index (χ4v) is 6.12. The van der Waals surface area contributed by atoms with Crippen molar-refractivity contribution in [2.24, 2.45) is 5.41 Å². The van der Waals surface area contributed by atoms with Gasteiger partial charge in [-0.2, -0.15) is 13.2 Å². The second kappa shape index (κ2) is 10.6. The van der Waals surface area contributed by atoms with E-state index in [-0.39, 0.29) is 34.8 Å². The maximum absolute atomic E-state index is 14.4. The molecule has 3 N–H and O–H groups in total. The van der Waals surface area contributed by atoms with Crippen LogP contribution in [0.3, 0.4) is 0 Å². The Balaban J connectivity index is 1.51. The number of rotatable bonds is 4. The molecule has 1 saturated heterocycles. The molecule has 1 aromatic heterocycles. The summed E-state index contributed by atoms with van der Waals surface area (Å²) in [6, 6.07) is 12.2. The maximum Gasteiger partial charge on any atom is 0.416 e. The zero-order valence-electron chi connectivity index (χ0n) is 23.8. The van der Waals surface area contributed by atoms with E-state index in [2.05, 4.69) is 41.3 Å². The third-order valence-corrected chi connectivity index (χ3v) is 7.83. The molecule has 2 aliphatic heterocycles. The highest BCUT2D eigenvalue weighted by molar-refractivity contribution is 6.02. The maximum atomic E-state index is 14.4. The van der Waals surface area contributed by atoms with Crippen molar-refractivity contribution in [3.63, 3.8) is 0 Å². The molecule has 7 nitrogen and oxygen atoms in total. The average Bonchev–Trinajstić information content (AvgIpc) is 3.21. The standard InChI is InChI=1S/C31H36F3N5O2/c1-20-7-9-21(10-8-20)36-28(41)37-23-6-5-15-35-27(23)39-19-30(13-16-38(17-14-30)18-29(2,3)4)25-22(31(32,33)34)11-12-24(40)26(25)39/h5-12,15,40H,13-14,16-19H2,1-4H3,(H2,36,37,41). The van der Waals surface area contributed by atoms with Crippen LogP contribution in [0.25, 0.3) is 0 Å². The van der Waals surface area contributed by atoms with Crippen LogP contribution in [0.2, 0.25) is 0 Å². The highest BCUT2D eigenvalue weighted by Gasteiger charge is 2.52. The number of anilines is 4. The Bertz CT molecular complexity index is 1430. The molecule has 10 heteroatoms. The molecule has 5 rings (SSSR count). The minimum Gasteiger partial charge on any atom is -0.506 e. The number of hydrogen-bond donors (Lipinski definition) is 3. The first kappa shape index (κ1) is 28.7. The number of aryl methyl sites for hydroxylation is 1. The number of urea groups is 1. The Morgan fingerprint density at radius 3 is 2.34 bits per heavy atom. The van der Waals surface area contributed by atoms with Gasteiger partial charge in [0, 0.05) is 30.4 Å². The van der Waals surface area contributed by atoms with Crippen molar-refractivity contribution in [2.45, 2.75) is 52.1 Å². The number of phenolic OH excluding ortho intramolecular Hbond substituents is 1. The third kappa shape index (κ3) is 5.98. The molecular formula is C31H36F3N5O2. The fourth-order valence-electron chi connectivity index (χ4n) is 6.12. The summed E-state index contributed by atoms with van der Waals surface area (Å²) >= 11 is 0. The van der Waals surface area contributed by atoms with Gasteiger partial charge in [0.25, 0.3) is 0 Å². The van der Waals surface area contributed by atoms with Crippen molar-refractivity contribution in [1.29, 1.82) is 0 Å². The number of piperidine rings is 1. The molecule has 1 spiro atoms. The van der Waals surface area contributed by atoms with Gasteiger partial charge in [0.1, 0.15) is 5.75 Å². The lowest BCUT2D eigenvalue weighted by molar-refractivity contribution is -0.138. The molecule has 0 unspecified atom stereocenters. The lowest BCUT2D eigenvalue weighted by atomic mass is 9.72. The normalized spacial score (nSPS) is 17.0. The first-order valence-electron chi connectivity index (χ1n) is 13.8. The van der Waals surface area contributed by atoms with Crippen molar-refractivity contribution >= 4 is 28.9 Å². The van der Waals surface area contributed by atoms with E-state index in [4.69, 9.17) is 0 Å². The molecule has 1 fully saturated rings. The Morgan fingerprint density at radius 1 is 1.02 bits per heavy atom. The van der Waals surface area contributed by atoms with Gasteiger partial charge in [-0.05, 0) is 80.2 Å². The Morgan fingerprint density at radius 2 is 1.71 bits per heavy atom. The molecular weight excluding hydrogens is 531 g/mol. The number of benzene rings is 2. The quantitative estimate of drug-likeness (QED) is 0.309. The summed E-state index contributed by atoms with van der Waals surface area (Å²) in [5.41, 5.74) is 0.667. The minimum absolute atomic E-state index is 0.0627. The lowest BCUT2D eigenvalue weighted by Gasteiger charge is -2.42. The minimum atomic E-state index is -4.59. The smallest absolute Gasteiger partial charge is 0.416 e. The van der Waals surface area contributed by atoms with Gasteiger partial charge in [0.15, 0.2) is 5.82 Å². The van der Waals surface area contributed by atoms with Gasteiger partial charge in [-0.3, -0.25) is 0 Å². The van der Waals surface area contributed by atoms with Gasteiger partial charge in [-0.15, -0.1) is 0 Å². The van der Waals surface area contributed by atoms with E-state index in [0.29, 0.717) is 37.3 Å². The van der Waals surface area contributed by atoms with Gasteiger partial charge in [0.05, 0.1) is 16.9 Å². The van der Waals surface area contributed by atoms with Crippen molar-refractivity contribution in [3.8, 4) is 5.75 Å². The van der Waals surface area contributed by atoms with Crippen molar-refractivity contribution in [2.75, 3.05) is 41.7 Å². The summed E-state index contributed by atoms with van der Waals surface area (Å²) in [5, 5.41) is 16.6. The number of pyridine rings is 1. The van der Waals surface area contributed by atoms with Gasteiger partial charge >= 0.3 is 12.2 Å². The number of alkyl halides is 3.